The molecule has 1 aliphatic rings. The molecule has 0 aromatic heterocycles. The van der Waals surface area contributed by atoms with E-state index in [1.54, 1.807) is 55.5 Å². The molecule has 1 heterocycles. The molecule has 1 aliphatic heterocycles. The number of amides is 5. The third-order valence-electron chi connectivity index (χ3n) is 4.48. The van der Waals surface area contributed by atoms with Gasteiger partial charge in [0.2, 0.25) is 5.91 Å². The van der Waals surface area contributed by atoms with E-state index >= 15 is 0 Å². The van der Waals surface area contributed by atoms with Gasteiger partial charge in [-0.2, -0.15) is 4.90 Å². The SMILES string of the molecule is CC[C@]1(c2ccccc2)C(=O)NC(=O)N(C(=O)c2ccccc2Br)C1=O. The summed E-state index contributed by atoms with van der Waals surface area (Å²) in [5.41, 5.74) is -1.04. The summed E-state index contributed by atoms with van der Waals surface area (Å²) in [5, 5.41) is 2.16. The molecule has 0 spiro atoms. The van der Waals surface area contributed by atoms with Crippen molar-refractivity contribution in [2.45, 2.75) is 18.8 Å². The maximum Gasteiger partial charge on any atom is 0.338 e. The maximum atomic E-state index is 13.2. The number of rotatable bonds is 3. The Morgan fingerprint density at radius 1 is 1.04 bits per heavy atom. The second-order valence-electron chi connectivity index (χ2n) is 5.81. The number of nitrogens with one attached hydrogen (secondary N) is 1. The van der Waals surface area contributed by atoms with Gasteiger partial charge in [-0.25, -0.2) is 4.79 Å². The number of hydrogen-bond donors (Lipinski definition) is 1. The monoisotopic (exact) mass is 414 g/mol. The van der Waals surface area contributed by atoms with E-state index in [0.29, 0.717) is 14.9 Å². The Labute approximate surface area is 158 Å². The zero-order valence-corrected chi connectivity index (χ0v) is 15.4. The molecule has 0 bridgehead atoms. The highest BCUT2D eigenvalue weighted by atomic mass is 79.9. The van der Waals surface area contributed by atoms with Gasteiger partial charge in [0.05, 0.1) is 5.56 Å². The second-order valence-corrected chi connectivity index (χ2v) is 6.66. The topological polar surface area (TPSA) is 83.6 Å². The number of carbonyl (C=O) groups is 4. The second kappa shape index (κ2) is 6.84. The summed E-state index contributed by atoms with van der Waals surface area (Å²) in [6, 6.07) is 13.9. The van der Waals surface area contributed by atoms with Gasteiger partial charge in [0.25, 0.3) is 11.8 Å². The van der Waals surface area contributed by atoms with Gasteiger partial charge in [-0.05, 0) is 40.0 Å². The highest BCUT2D eigenvalue weighted by Crippen LogP contribution is 2.34. The van der Waals surface area contributed by atoms with Gasteiger partial charge in [-0.15, -0.1) is 0 Å². The number of halogens is 1. The molecule has 7 heteroatoms. The van der Waals surface area contributed by atoms with Crippen LogP contribution in [0.2, 0.25) is 0 Å². The van der Waals surface area contributed by atoms with Crippen molar-refractivity contribution >= 4 is 39.7 Å². The minimum absolute atomic E-state index is 0.106. The summed E-state index contributed by atoms with van der Waals surface area (Å²) in [6.45, 7) is 1.67. The van der Waals surface area contributed by atoms with Crippen LogP contribution < -0.4 is 5.32 Å². The largest absolute Gasteiger partial charge is 0.338 e. The number of barbiturate groups is 1. The molecule has 26 heavy (non-hydrogen) atoms. The first-order chi connectivity index (χ1) is 12.4. The van der Waals surface area contributed by atoms with Crippen molar-refractivity contribution in [2.75, 3.05) is 0 Å². The fourth-order valence-corrected chi connectivity index (χ4v) is 3.53. The average molecular weight is 415 g/mol. The zero-order valence-electron chi connectivity index (χ0n) is 13.9. The van der Waals surface area contributed by atoms with Crippen molar-refractivity contribution in [3.05, 3.63) is 70.2 Å². The Bertz CT molecular complexity index is 913. The van der Waals surface area contributed by atoms with Gasteiger partial charge in [0.15, 0.2) is 5.41 Å². The minimum Gasteiger partial charge on any atom is -0.276 e. The molecule has 2 aromatic carbocycles. The Morgan fingerprint density at radius 3 is 2.27 bits per heavy atom. The van der Waals surface area contributed by atoms with Crippen molar-refractivity contribution < 1.29 is 19.2 Å². The lowest BCUT2D eigenvalue weighted by atomic mass is 9.74. The highest BCUT2D eigenvalue weighted by Gasteiger charge is 2.55. The van der Waals surface area contributed by atoms with Gasteiger partial charge in [0, 0.05) is 4.47 Å². The molecule has 132 valence electrons. The van der Waals surface area contributed by atoms with Crippen LogP contribution in [0, 0.1) is 0 Å². The van der Waals surface area contributed by atoms with Crippen molar-refractivity contribution in [1.29, 1.82) is 0 Å². The lowest BCUT2D eigenvalue weighted by Gasteiger charge is -2.38. The standard InChI is InChI=1S/C19H15BrN2O4/c1-2-19(12-8-4-3-5-9-12)16(24)21-18(26)22(17(19)25)15(23)13-10-6-7-11-14(13)20/h3-11H,2H2,1H3,(H,21,24,26)/t19-/m0/s1. The Balaban J connectivity index is 2.12. The fraction of sp³-hybridized carbons (Fsp3) is 0.158. The van der Waals surface area contributed by atoms with Crippen LogP contribution in [0.4, 0.5) is 4.79 Å². The summed E-state index contributed by atoms with van der Waals surface area (Å²) >= 11 is 3.25. The molecule has 3 rings (SSSR count). The number of hydrogen-bond acceptors (Lipinski definition) is 4. The quantitative estimate of drug-likeness (QED) is 0.617. The third kappa shape index (κ3) is 2.64. The highest BCUT2D eigenvalue weighted by molar-refractivity contribution is 9.10. The van der Waals surface area contributed by atoms with Crippen molar-refractivity contribution in [3.8, 4) is 0 Å². The Hall–Kier alpha value is -2.80. The third-order valence-corrected chi connectivity index (χ3v) is 5.18. The van der Waals surface area contributed by atoms with Crippen molar-refractivity contribution in [1.82, 2.24) is 10.2 Å². The predicted octanol–water partition coefficient (Wildman–Crippen LogP) is 3.02. The number of carbonyl (C=O) groups excluding carboxylic acids is 4. The lowest BCUT2D eigenvalue weighted by Crippen LogP contribution is -2.67. The van der Waals surface area contributed by atoms with Crippen LogP contribution >= 0.6 is 15.9 Å². The molecule has 0 radical (unpaired) electrons. The predicted molar refractivity (Wildman–Crippen MR) is 97.3 cm³/mol. The Morgan fingerprint density at radius 2 is 1.65 bits per heavy atom. The summed E-state index contributed by atoms with van der Waals surface area (Å²) < 4.78 is 0.448. The molecular formula is C19H15BrN2O4. The first kappa shape index (κ1) is 18.0. The van der Waals surface area contributed by atoms with Gasteiger partial charge >= 0.3 is 6.03 Å². The van der Waals surface area contributed by atoms with Crippen LogP contribution in [0.3, 0.4) is 0 Å². The van der Waals surface area contributed by atoms with E-state index in [1.807, 2.05) is 0 Å². The van der Waals surface area contributed by atoms with Gasteiger partial charge < -0.3 is 0 Å². The lowest BCUT2D eigenvalue weighted by molar-refractivity contribution is -0.143. The zero-order chi connectivity index (χ0) is 18.9. The Kier molecular flexibility index (Phi) is 4.73. The molecule has 1 atom stereocenters. The molecular weight excluding hydrogens is 400 g/mol. The van der Waals surface area contributed by atoms with Crippen molar-refractivity contribution in [3.63, 3.8) is 0 Å². The average Bonchev–Trinajstić information content (AvgIpc) is 2.63. The van der Waals surface area contributed by atoms with Gasteiger partial charge in [-0.1, -0.05) is 49.4 Å². The van der Waals surface area contributed by atoms with Crippen LogP contribution in [0.25, 0.3) is 0 Å². The van der Waals surface area contributed by atoms with Crippen LogP contribution in [0.1, 0.15) is 29.3 Å². The van der Waals surface area contributed by atoms with Crippen LogP contribution in [0.15, 0.2) is 59.1 Å². The maximum absolute atomic E-state index is 13.2. The van der Waals surface area contributed by atoms with Crippen LogP contribution in [-0.2, 0) is 15.0 Å². The number of urea groups is 1. The van der Waals surface area contributed by atoms with Gasteiger partial charge in [0.1, 0.15) is 0 Å². The summed E-state index contributed by atoms with van der Waals surface area (Å²) in [6.07, 6.45) is 0.106. The van der Waals surface area contributed by atoms with Crippen molar-refractivity contribution in [2.24, 2.45) is 0 Å². The fourth-order valence-electron chi connectivity index (χ4n) is 3.07. The van der Waals surface area contributed by atoms with E-state index < -0.39 is 29.2 Å². The number of imide groups is 4. The smallest absolute Gasteiger partial charge is 0.276 e. The summed E-state index contributed by atoms with van der Waals surface area (Å²) in [7, 11) is 0. The minimum atomic E-state index is -1.63. The van der Waals surface area contributed by atoms with Crippen LogP contribution in [-0.4, -0.2) is 28.7 Å². The van der Waals surface area contributed by atoms with E-state index in [2.05, 4.69) is 21.2 Å². The van der Waals surface area contributed by atoms with E-state index in [1.165, 1.54) is 6.07 Å². The van der Waals surface area contributed by atoms with E-state index in [0.717, 1.165) is 0 Å². The normalized spacial score (nSPS) is 20.1. The molecule has 0 unspecified atom stereocenters. The molecule has 0 saturated carbocycles. The molecule has 1 saturated heterocycles. The summed E-state index contributed by atoms with van der Waals surface area (Å²) in [4.78, 5) is 51.6. The first-order valence-electron chi connectivity index (χ1n) is 7.97. The van der Waals surface area contributed by atoms with E-state index in [9.17, 15) is 19.2 Å². The van der Waals surface area contributed by atoms with E-state index in [-0.39, 0.29) is 12.0 Å². The van der Waals surface area contributed by atoms with Crippen LogP contribution in [0.5, 0.6) is 0 Å². The van der Waals surface area contributed by atoms with Gasteiger partial charge in [-0.3, -0.25) is 19.7 Å². The molecule has 1 fully saturated rings. The molecule has 2 aromatic rings. The van der Waals surface area contributed by atoms with E-state index in [4.69, 9.17) is 0 Å². The summed E-state index contributed by atoms with van der Waals surface area (Å²) in [5.74, 6) is -2.36. The molecule has 1 N–H and O–H groups in total. The molecule has 5 amide bonds. The number of benzene rings is 2. The molecule has 6 nitrogen and oxygen atoms in total. The first-order valence-corrected chi connectivity index (χ1v) is 8.77. The molecule has 0 aliphatic carbocycles. The number of nitrogens with zero attached hydrogens (tertiary/aromatic N) is 1.